The molecule has 592 valence electrons. The van der Waals surface area contributed by atoms with Crippen molar-refractivity contribution in [1.29, 1.82) is 0 Å². The van der Waals surface area contributed by atoms with Crippen LogP contribution < -0.4 is 98.2 Å². The zero-order valence-corrected chi connectivity index (χ0v) is 62.2. The lowest BCUT2D eigenvalue weighted by Crippen LogP contribution is -2.62. The van der Waals surface area contributed by atoms with Crippen molar-refractivity contribution in [2.75, 3.05) is 44.3 Å². The topological polar surface area (TPSA) is 654 Å². The smallest absolute Gasteiger partial charge is 0.245 e. The molecule has 0 radical (unpaired) electrons. The number of carbonyl (C=O) groups is 15. The van der Waals surface area contributed by atoms with E-state index >= 15 is 0 Å². The quantitative estimate of drug-likeness (QED) is 0.0118. The summed E-state index contributed by atoms with van der Waals surface area (Å²) in [4.78, 5) is 225. The molecule has 0 aliphatic carbocycles. The van der Waals surface area contributed by atoms with E-state index in [1.54, 1.807) is 27.7 Å². The first kappa shape index (κ1) is 88.9. The van der Waals surface area contributed by atoms with Crippen LogP contribution in [0.15, 0.2) is 46.8 Å². The minimum atomic E-state index is -1.88. The number of fused-ring (bicyclic) bond motifs is 1. The highest BCUT2D eigenvalue weighted by Crippen LogP contribution is 2.25. The van der Waals surface area contributed by atoms with Gasteiger partial charge in [0.2, 0.25) is 89.1 Å². The van der Waals surface area contributed by atoms with Crippen LogP contribution in [0.5, 0.6) is 5.75 Å². The number of aromatic amines is 1. The van der Waals surface area contributed by atoms with Crippen LogP contribution in [0.2, 0.25) is 0 Å². The van der Waals surface area contributed by atoms with Crippen LogP contribution in [0.3, 0.4) is 0 Å². The van der Waals surface area contributed by atoms with Crippen molar-refractivity contribution in [3.05, 3.63) is 48.0 Å². The van der Waals surface area contributed by atoms with Gasteiger partial charge in [0.1, 0.15) is 78.3 Å². The summed E-state index contributed by atoms with van der Waals surface area (Å²) in [6, 6.07) is -12.6. The molecule has 40 nitrogen and oxygen atoms in total. The van der Waals surface area contributed by atoms with Gasteiger partial charge < -0.3 is 118 Å². The third kappa shape index (κ3) is 30.8. The summed E-state index contributed by atoms with van der Waals surface area (Å²) < 4.78 is 0. The first-order valence-electron chi connectivity index (χ1n) is 34.7. The number of imidazole rings is 1. The summed E-state index contributed by atoms with van der Waals surface area (Å²) >= 11 is 0. The van der Waals surface area contributed by atoms with Gasteiger partial charge in [-0.3, -0.25) is 81.9 Å². The summed E-state index contributed by atoms with van der Waals surface area (Å²) in [6.07, 6.45) is 1.84. The van der Waals surface area contributed by atoms with Gasteiger partial charge in [0, 0.05) is 62.3 Å². The number of nitrogens with zero attached hydrogens (tertiary/aromatic N) is 4. The molecule has 2 fully saturated rings. The zero-order chi connectivity index (χ0) is 79.6. The number of benzene rings is 1. The maximum atomic E-state index is 14.9. The number of hydrogen-bond donors (Lipinski definition) is 21. The fourth-order valence-electron chi connectivity index (χ4n) is 11.1. The van der Waals surface area contributed by atoms with Crippen LogP contribution in [0, 0.1) is 17.8 Å². The molecule has 4 rings (SSSR count). The number of phenols is 1. The Kier molecular flexibility index (Phi) is 37.5. The first-order valence-corrected chi connectivity index (χ1v) is 37.2. The largest absolute Gasteiger partial charge is 0.508 e. The molecule has 2 saturated heterocycles. The van der Waals surface area contributed by atoms with Gasteiger partial charge in [0.25, 0.3) is 0 Å². The maximum absolute atomic E-state index is 14.9. The number of aliphatic hydroxyl groups excluding tert-OH is 1. The summed E-state index contributed by atoms with van der Waals surface area (Å²) in [7, 11) is 1.75. The van der Waals surface area contributed by atoms with Crippen LogP contribution in [-0.2, 0) is 84.8 Å². The molecule has 107 heavy (non-hydrogen) atoms. The van der Waals surface area contributed by atoms with Gasteiger partial charge in [0.15, 0.2) is 11.9 Å². The summed E-state index contributed by atoms with van der Waals surface area (Å²) in [6.45, 7) is 7.69. The number of phenolic OH excluding ortho intramolecular Hbond substituents is 1. The Morgan fingerprint density at radius 2 is 1.28 bits per heavy atom. The van der Waals surface area contributed by atoms with Crippen molar-refractivity contribution in [2.24, 2.45) is 62.1 Å². The van der Waals surface area contributed by atoms with Crippen LogP contribution in [0.4, 0.5) is 0 Å². The van der Waals surface area contributed by atoms with Gasteiger partial charge in [-0.25, -0.2) is 4.98 Å². The molecule has 12 atom stereocenters. The fourth-order valence-corrected chi connectivity index (χ4v) is 13.4. The van der Waals surface area contributed by atoms with E-state index in [1.807, 2.05) is 0 Å². The van der Waals surface area contributed by atoms with Crippen LogP contribution in [0.1, 0.15) is 111 Å². The van der Waals surface area contributed by atoms with E-state index in [2.05, 4.69) is 83.8 Å². The van der Waals surface area contributed by atoms with E-state index < -0.39 is 198 Å². The summed E-state index contributed by atoms with van der Waals surface area (Å²) in [5.41, 5.74) is 34.3. The van der Waals surface area contributed by atoms with Crippen molar-refractivity contribution in [2.45, 2.75) is 185 Å². The number of aromatic nitrogens is 2. The van der Waals surface area contributed by atoms with Gasteiger partial charge >= 0.3 is 0 Å². The minimum absolute atomic E-state index is 0.00792. The number of rotatable bonds is 29. The third-order valence-electron chi connectivity index (χ3n) is 16.8. The van der Waals surface area contributed by atoms with Crippen molar-refractivity contribution in [3.63, 3.8) is 0 Å². The second-order valence-corrected chi connectivity index (χ2v) is 29.1. The molecule has 1 aromatic heterocycles. The van der Waals surface area contributed by atoms with Gasteiger partial charge in [-0.05, 0) is 86.8 Å². The molecule has 27 N–H and O–H groups in total. The Bertz CT molecular complexity index is 3450. The van der Waals surface area contributed by atoms with Crippen LogP contribution in [0.25, 0.3) is 0 Å². The Morgan fingerprint density at radius 3 is 1.86 bits per heavy atom. The number of aliphatic imine (C=N–C) groups is 2. The number of aromatic hydroxyl groups is 1. The molecular formula is C65H103N23O17S2. The Labute approximate surface area is 625 Å². The normalized spacial score (nSPS) is 22.5. The van der Waals surface area contributed by atoms with Gasteiger partial charge in [-0.1, -0.05) is 75.3 Å². The van der Waals surface area contributed by atoms with Crippen molar-refractivity contribution in [1.82, 2.24) is 78.7 Å². The van der Waals surface area contributed by atoms with Crippen molar-refractivity contribution in [3.8, 4) is 5.75 Å². The average molecular weight is 1540 g/mol. The van der Waals surface area contributed by atoms with Crippen molar-refractivity contribution >= 4 is 123 Å². The van der Waals surface area contributed by atoms with Gasteiger partial charge in [-0.2, -0.15) is 0 Å². The maximum Gasteiger partial charge on any atom is 0.245 e. The van der Waals surface area contributed by atoms with Crippen LogP contribution in [-0.4, -0.2) is 243 Å². The number of H-pyrrole nitrogens is 1. The molecule has 0 bridgehead atoms. The molecular weight excluding hydrogens is 1440 g/mol. The number of carbonyl (C=O) groups excluding carboxylic acids is 15. The molecule has 2 aliphatic rings. The zero-order valence-electron chi connectivity index (χ0n) is 60.5. The predicted molar refractivity (Wildman–Crippen MR) is 393 cm³/mol. The van der Waals surface area contributed by atoms with E-state index in [-0.39, 0.29) is 107 Å². The van der Waals surface area contributed by atoms with E-state index in [1.165, 1.54) is 55.5 Å². The lowest BCUT2D eigenvalue weighted by atomic mass is 10.0. The third-order valence-corrected chi connectivity index (χ3v) is 19.2. The van der Waals surface area contributed by atoms with Gasteiger partial charge in [-0.15, -0.1) is 0 Å². The molecule has 1 aromatic carbocycles. The highest BCUT2D eigenvalue weighted by atomic mass is 33.1. The lowest BCUT2D eigenvalue weighted by Gasteiger charge is -2.31. The molecule has 3 heterocycles. The second kappa shape index (κ2) is 45.1. The van der Waals surface area contributed by atoms with Crippen molar-refractivity contribution < 1.29 is 82.1 Å². The number of amides is 15. The molecule has 2 aromatic rings. The summed E-state index contributed by atoms with van der Waals surface area (Å²) in [5, 5.41) is 51.4. The van der Waals surface area contributed by atoms with E-state index in [0.717, 1.165) is 21.6 Å². The lowest BCUT2D eigenvalue weighted by molar-refractivity contribution is -0.142. The molecule has 0 spiro atoms. The summed E-state index contributed by atoms with van der Waals surface area (Å²) in [5.74, 6) is -16.6. The van der Waals surface area contributed by atoms with E-state index in [0.29, 0.717) is 17.7 Å². The highest BCUT2D eigenvalue weighted by Gasteiger charge is 2.41. The van der Waals surface area contributed by atoms with E-state index in [4.69, 9.17) is 34.4 Å². The molecule has 42 heteroatoms. The number of primary amides is 2. The molecule has 0 saturated carbocycles. The molecule has 0 unspecified atom stereocenters. The number of aliphatic hydroxyl groups is 1. The van der Waals surface area contributed by atoms with Crippen LogP contribution >= 0.6 is 21.6 Å². The monoisotopic (exact) mass is 1540 g/mol. The SMILES string of the molecule is CC(C)C[C@@H]1NC(=O)[C@@H](NC(=O)[C@@H](NC(=O)[C@H](CCC(N)=O)NC(=O)[C@H](Cc2cnc[nH]2)NC=O)C(C)C)CSSC[C@@H](C(N)=O)NC(=O)[C@H](C(C)C)NC(=O)[C@@H]2CCCN2C(=O)[C@H](CCCN=C(N)N)NC(=O)CNC(=O)[C@H](CCCN=C(N)N)NC(=O)[C@H](Cc2ccc(O)cc2)NC(=O)[C@H](CO)NC1=O. The van der Waals surface area contributed by atoms with Gasteiger partial charge in [0.05, 0.1) is 19.5 Å². The first-order chi connectivity index (χ1) is 50.6. The minimum Gasteiger partial charge on any atom is -0.508 e. The Morgan fingerprint density at radius 1 is 0.682 bits per heavy atom. The fraction of sp³-hybridized carbons (Fsp3) is 0.600. The number of nitrogens with one attached hydrogen (secondary N) is 13. The number of hydrogen-bond acceptors (Lipinski definition) is 22. The highest BCUT2D eigenvalue weighted by molar-refractivity contribution is 8.76. The molecule has 15 amide bonds. The number of guanidine groups is 2. The van der Waals surface area contributed by atoms with E-state index in [9.17, 15) is 82.1 Å². The molecule has 2 aliphatic heterocycles. The Hall–Kier alpha value is -10.5. The standard InChI is InChI=1S/C65H103N23O17S2/c1-32(2)22-42-56(98)83-44(27-89)58(100)82-43(23-35-13-15-37(91)16-14-35)57(99)79-38(10-7-19-73-64(68)69)53(95)75-26-49(93)78-40(11-8-20-74-65(70)71)63(105)88-21-9-12-47(88)60(102)87-51(34(5)6)61(103)84-45(52(67)94)28-106-107-29-46(59(101)81-42)85-62(104)50(33(3)4)86-54(96)39(17-18-48(66)92)80-55(97)41(77-31-90)24-36-25-72-30-76-36/h13-16,25,30-34,38-47,50-51,89,91H,7-12,17-24,26-29H2,1-6H3,(H2,66,92)(H2,67,94)(H,72,76)(H,75,95)(H,77,90)(H,78,93)(H,79,99)(H,80,97)(H,81,101)(H,82,100)(H,83,98)(H,84,103)(H,85,104)(H,86,96)(H,87,102)(H4,68,69,73)(H4,70,71,74)/t38-,39-,40-,41-,42-,43-,44-,45-,46-,47-,50-,51-/m0/s1. The number of nitrogens with two attached hydrogens (primary N) is 6. The Balaban J connectivity index is 1.83. The second-order valence-electron chi connectivity index (χ2n) is 26.6. The predicted octanol–water partition coefficient (Wildman–Crippen LogP) is -7.43. The average Bonchev–Trinajstić information content (AvgIpc) is 1.75.